The molecule has 0 saturated carbocycles. The molecular formula is C15H19NO3. The van der Waals surface area contributed by atoms with Gasteiger partial charge in [0, 0.05) is 12.1 Å². The normalized spacial score (nSPS) is 36.3. The van der Waals surface area contributed by atoms with E-state index in [0.29, 0.717) is 25.3 Å². The van der Waals surface area contributed by atoms with Gasteiger partial charge in [-0.1, -0.05) is 6.07 Å². The molecular weight excluding hydrogens is 242 g/mol. The molecule has 2 N–H and O–H groups in total. The lowest BCUT2D eigenvalue weighted by atomic mass is 9.81. The second kappa shape index (κ2) is 4.12. The molecule has 4 heteroatoms. The quantitative estimate of drug-likeness (QED) is 0.805. The number of benzene rings is 1. The van der Waals surface area contributed by atoms with E-state index in [1.807, 2.05) is 18.2 Å². The van der Waals surface area contributed by atoms with Gasteiger partial charge in [0.15, 0.2) is 11.5 Å². The van der Waals surface area contributed by atoms with Crippen molar-refractivity contribution in [2.45, 2.75) is 43.4 Å². The molecule has 102 valence electrons. The molecule has 3 aliphatic heterocycles. The zero-order valence-electron chi connectivity index (χ0n) is 10.9. The summed E-state index contributed by atoms with van der Waals surface area (Å²) < 4.78 is 11.2. The zero-order chi connectivity index (χ0) is 12.9. The third-order valence-corrected chi connectivity index (χ3v) is 4.58. The van der Waals surface area contributed by atoms with Crippen LogP contribution in [0.25, 0.3) is 0 Å². The molecule has 0 spiro atoms. The van der Waals surface area contributed by atoms with Gasteiger partial charge in [-0.25, -0.2) is 0 Å². The van der Waals surface area contributed by atoms with Crippen LogP contribution in [0.3, 0.4) is 0 Å². The fourth-order valence-corrected chi connectivity index (χ4v) is 3.69. The van der Waals surface area contributed by atoms with Crippen molar-refractivity contribution in [2.24, 2.45) is 0 Å². The summed E-state index contributed by atoms with van der Waals surface area (Å²) in [5.41, 5.74) is 0.252. The van der Waals surface area contributed by atoms with Gasteiger partial charge in [0.05, 0.1) is 5.60 Å². The summed E-state index contributed by atoms with van der Waals surface area (Å²) in [6.07, 6.45) is 3.95. The summed E-state index contributed by atoms with van der Waals surface area (Å²) in [5, 5.41) is 14.6. The molecule has 1 aromatic carbocycles. The first-order chi connectivity index (χ1) is 9.23. The monoisotopic (exact) mass is 261 g/mol. The summed E-state index contributed by atoms with van der Waals surface area (Å²) in [6, 6.07) is 6.78. The number of nitrogens with one attached hydrogen (secondary N) is 1. The fourth-order valence-electron chi connectivity index (χ4n) is 3.69. The molecule has 19 heavy (non-hydrogen) atoms. The highest BCUT2D eigenvalue weighted by atomic mass is 16.6. The number of rotatable bonds is 1. The number of hydrogen-bond acceptors (Lipinski definition) is 4. The first-order valence-electron chi connectivity index (χ1n) is 7.11. The molecule has 4 nitrogen and oxygen atoms in total. The zero-order valence-corrected chi connectivity index (χ0v) is 10.9. The Labute approximate surface area is 112 Å². The molecule has 2 unspecified atom stereocenters. The van der Waals surface area contributed by atoms with Gasteiger partial charge >= 0.3 is 0 Å². The molecule has 0 aliphatic carbocycles. The fraction of sp³-hybridized carbons (Fsp3) is 0.600. The highest BCUT2D eigenvalue weighted by Crippen LogP contribution is 2.43. The van der Waals surface area contributed by atoms with Gasteiger partial charge in [0.25, 0.3) is 0 Å². The SMILES string of the molecule is OC1(c2ccc3c(c2)OCCO3)CC2CCC(C1)N2. The van der Waals surface area contributed by atoms with E-state index in [2.05, 4.69) is 5.32 Å². The minimum absolute atomic E-state index is 0.456. The molecule has 2 atom stereocenters. The summed E-state index contributed by atoms with van der Waals surface area (Å²) in [5.74, 6) is 1.55. The van der Waals surface area contributed by atoms with Crippen molar-refractivity contribution in [3.63, 3.8) is 0 Å². The predicted octanol–water partition coefficient (Wildman–Crippen LogP) is 1.56. The van der Waals surface area contributed by atoms with Gasteiger partial charge in [-0.3, -0.25) is 0 Å². The van der Waals surface area contributed by atoms with E-state index in [-0.39, 0.29) is 0 Å². The van der Waals surface area contributed by atoms with Gasteiger partial charge < -0.3 is 19.9 Å². The molecule has 0 amide bonds. The number of hydrogen-bond donors (Lipinski definition) is 2. The number of piperidine rings is 1. The molecule has 3 aliphatic rings. The molecule has 3 heterocycles. The van der Waals surface area contributed by atoms with Crippen LogP contribution < -0.4 is 14.8 Å². The second-order valence-corrected chi connectivity index (χ2v) is 5.94. The largest absolute Gasteiger partial charge is 0.486 e. The first-order valence-corrected chi connectivity index (χ1v) is 7.11. The Kier molecular flexibility index (Phi) is 2.50. The van der Waals surface area contributed by atoms with Crippen molar-refractivity contribution in [3.05, 3.63) is 23.8 Å². The number of aliphatic hydroxyl groups is 1. The van der Waals surface area contributed by atoms with E-state index in [4.69, 9.17) is 9.47 Å². The van der Waals surface area contributed by atoms with Gasteiger partial charge in [0.1, 0.15) is 13.2 Å². The van der Waals surface area contributed by atoms with E-state index >= 15 is 0 Å². The lowest BCUT2D eigenvalue weighted by Gasteiger charge is -2.38. The lowest BCUT2D eigenvalue weighted by Crippen LogP contribution is -2.46. The number of fused-ring (bicyclic) bond motifs is 3. The van der Waals surface area contributed by atoms with Crippen LogP contribution in [0.4, 0.5) is 0 Å². The van der Waals surface area contributed by atoms with E-state index in [1.54, 1.807) is 0 Å². The van der Waals surface area contributed by atoms with E-state index < -0.39 is 5.60 Å². The highest BCUT2D eigenvalue weighted by molar-refractivity contribution is 5.45. The lowest BCUT2D eigenvalue weighted by molar-refractivity contribution is -0.0118. The molecule has 2 fully saturated rings. The van der Waals surface area contributed by atoms with Crippen LogP contribution in [0.5, 0.6) is 11.5 Å². The van der Waals surface area contributed by atoms with Crippen molar-refractivity contribution in [1.29, 1.82) is 0 Å². The summed E-state index contributed by atoms with van der Waals surface area (Å²) >= 11 is 0. The molecule has 1 aromatic rings. The van der Waals surface area contributed by atoms with Crippen molar-refractivity contribution in [3.8, 4) is 11.5 Å². The van der Waals surface area contributed by atoms with Crippen LogP contribution in [0, 0.1) is 0 Å². The van der Waals surface area contributed by atoms with Crippen LogP contribution in [0.1, 0.15) is 31.2 Å². The highest BCUT2D eigenvalue weighted by Gasteiger charge is 2.43. The van der Waals surface area contributed by atoms with Crippen molar-refractivity contribution in [2.75, 3.05) is 13.2 Å². The Hall–Kier alpha value is -1.26. The Morgan fingerprint density at radius 2 is 1.74 bits per heavy atom. The molecule has 4 rings (SSSR count). The minimum Gasteiger partial charge on any atom is -0.486 e. The van der Waals surface area contributed by atoms with Crippen molar-refractivity contribution >= 4 is 0 Å². The third-order valence-electron chi connectivity index (χ3n) is 4.58. The van der Waals surface area contributed by atoms with Gasteiger partial charge in [-0.2, -0.15) is 0 Å². The maximum absolute atomic E-state index is 11.0. The topological polar surface area (TPSA) is 50.7 Å². The Morgan fingerprint density at radius 3 is 2.47 bits per heavy atom. The van der Waals surface area contributed by atoms with Gasteiger partial charge in [0.2, 0.25) is 0 Å². The average molecular weight is 261 g/mol. The molecule has 2 saturated heterocycles. The molecule has 0 aromatic heterocycles. The predicted molar refractivity (Wildman–Crippen MR) is 70.5 cm³/mol. The van der Waals surface area contributed by atoms with E-state index in [9.17, 15) is 5.11 Å². The van der Waals surface area contributed by atoms with Gasteiger partial charge in [-0.15, -0.1) is 0 Å². The van der Waals surface area contributed by atoms with E-state index in [0.717, 1.165) is 29.9 Å². The second-order valence-electron chi connectivity index (χ2n) is 5.94. The average Bonchev–Trinajstić information content (AvgIpc) is 2.78. The van der Waals surface area contributed by atoms with E-state index in [1.165, 1.54) is 12.8 Å². The van der Waals surface area contributed by atoms with Crippen LogP contribution in [-0.2, 0) is 5.60 Å². The summed E-state index contributed by atoms with van der Waals surface area (Å²) in [4.78, 5) is 0. The third kappa shape index (κ3) is 1.90. The van der Waals surface area contributed by atoms with Crippen LogP contribution in [0.15, 0.2) is 18.2 Å². The maximum atomic E-state index is 11.0. The number of ether oxygens (including phenoxy) is 2. The minimum atomic E-state index is -0.715. The molecule has 0 radical (unpaired) electrons. The van der Waals surface area contributed by atoms with Crippen LogP contribution in [-0.4, -0.2) is 30.4 Å². The Bertz CT molecular complexity index is 490. The van der Waals surface area contributed by atoms with Crippen LogP contribution >= 0.6 is 0 Å². The van der Waals surface area contributed by atoms with Gasteiger partial charge in [-0.05, 0) is 43.4 Å². The summed E-state index contributed by atoms with van der Waals surface area (Å²) in [6.45, 7) is 1.19. The Morgan fingerprint density at radius 1 is 1.05 bits per heavy atom. The maximum Gasteiger partial charge on any atom is 0.161 e. The smallest absolute Gasteiger partial charge is 0.161 e. The Balaban J connectivity index is 1.68. The van der Waals surface area contributed by atoms with Crippen molar-refractivity contribution in [1.82, 2.24) is 5.32 Å². The van der Waals surface area contributed by atoms with Crippen molar-refractivity contribution < 1.29 is 14.6 Å². The first kappa shape index (κ1) is 11.6. The summed E-state index contributed by atoms with van der Waals surface area (Å²) in [7, 11) is 0. The molecule has 2 bridgehead atoms. The standard InChI is InChI=1S/C15H19NO3/c17-15(8-11-2-3-12(9-15)16-11)10-1-4-13-14(7-10)19-6-5-18-13/h1,4,7,11-12,16-17H,2-3,5-6,8-9H2. The van der Waals surface area contributed by atoms with Crippen LogP contribution in [0.2, 0.25) is 0 Å².